The second kappa shape index (κ2) is 10.2. The lowest BCUT2D eigenvalue weighted by Gasteiger charge is -2.23. The van der Waals surface area contributed by atoms with Gasteiger partial charge in [-0.05, 0) is 25.8 Å². The molecule has 0 fully saturated rings. The number of anilines is 1. The molecule has 0 aromatic carbocycles. The van der Waals surface area contributed by atoms with Gasteiger partial charge in [-0.3, -0.25) is 4.79 Å². The Kier molecular flexibility index (Phi) is 9.53. The molecule has 0 bridgehead atoms. The van der Waals surface area contributed by atoms with Crippen LogP contribution in [0, 0.1) is 12.8 Å². The monoisotopic (exact) mass is 310 g/mol. The summed E-state index contributed by atoms with van der Waals surface area (Å²) >= 11 is 0. The molecule has 6 nitrogen and oxygen atoms in total. The first kappa shape index (κ1) is 20.5. The van der Waals surface area contributed by atoms with E-state index in [1.54, 1.807) is 13.1 Å². The fourth-order valence-electron chi connectivity index (χ4n) is 2.32. The van der Waals surface area contributed by atoms with Crippen LogP contribution in [0.2, 0.25) is 0 Å². The van der Waals surface area contributed by atoms with Gasteiger partial charge in [0.1, 0.15) is 0 Å². The minimum Gasteiger partial charge on any atom is -0.412 e. The molecule has 1 aromatic heterocycles. The molecule has 0 spiro atoms. The van der Waals surface area contributed by atoms with Crippen LogP contribution in [0.3, 0.4) is 0 Å². The highest BCUT2D eigenvalue weighted by Crippen LogP contribution is 2.16. The van der Waals surface area contributed by atoms with Crippen molar-refractivity contribution in [2.75, 3.05) is 12.3 Å². The van der Waals surface area contributed by atoms with Crippen molar-refractivity contribution in [3.8, 4) is 0 Å². The van der Waals surface area contributed by atoms with Crippen LogP contribution >= 0.6 is 0 Å². The average Bonchev–Trinajstić information content (AvgIpc) is 2.46. The van der Waals surface area contributed by atoms with Crippen molar-refractivity contribution in [3.05, 3.63) is 17.5 Å². The molecule has 126 valence electrons. The zero-order chi connectivity index (χ0) is 15.8. The van der Waals surface area contributed by atoms with Crippen LogP contribution in [0.5, 0.6) is 0 Å². The summed E-state index contributed by atoms with van der Waals surface area (Å²) in [7, 11) is 0. The molecule has 0 aliphatic rings. The molecule has 0 radical (unpaired) electrons. The number of aryl methyl sites for hydroxylation is 1. The van der Waals surface area contributed by atoms with Crippen LogP contribution in [0.25, 0.3) is 0 Å². The van der Waals surface area contributed by atoms with Crippen molar-refractivity contribution >= 4 is 11.7 Å². The number of carbonyl (C=O) groups is 1. The van der Waals surface area contributed by atoms with E-state index in [1.807, 2.05) is 0 Å². The lowest BCUT2D eigenvalue weighted by atomic mass is 9.91. The van der Waals surface area contributed by atoms with Crippen LogP contribution in [0.4, 0.5) is 5.95 Å². The molecular weight excluding hydrogens is 280 g/mol. The molecule has 2 atom stereocenters. The minimum atomic E-state index is -0.183. The molecule has 22 heavy (non-hydrogen) atoms. The average molecular weight is 310 g/mol. The quantitative estimate of drug-likeness (QED) is 0.534. The second-order valence-electron chi connectivity index (χ2n) is 5.62. The Morgan fingerprint density at radius 3 is 2.59 bits per heavy atom. The van der Waals surface area contributed by atoms with Crippen molar-refractivity contribution in [3.63, 3.8) is 0 Å². The van der Waals surface area contributed by atoms with Crippen molar-refractivity contribution in [1.29, 1.82) is 0 Å². The number of unbranched alkanes of at least 4 members (excludes halogenated alkanes) is 2. The molecule has 0 saturated heterocycles. The van der Waals surface area contributed by atoms with Gasteiger partial charge in [-0.2, -0.15) is 0 Å². The third kappa shape index (κ3) is 5.69. The first-order chi connectivity index (χ1) is 10.0. The molecule has 0 aliphatic carbocycles. The van der Waals surface area contributed by atoms with E-state index >= 15 is 0 Å². The highest BCUT2D eigenvalue weighted by atomic mass is 16.1. The van der Waals surface area contributed by atoms with Gasteiger partial charge in [0, 0.05) is 6.20 Å². The number of Topliss-reactive ketones (excluding diaryl/α,β-unsaturated/α-hetero) is 1. The Balaban J connectivity index is 0.00000441. The second-order valence-corrected chi connectivity index (χ2v) is 5.62. The van der Waals surface area contributed by atoms with Gasteiger partial charge in [0.2, 0.25) is 5.95 Å². The number of nitrogens with two attached hydrogens (primary N) is 1. The number of hydrogen-bond acceptors (Lipinski definition) is 5. The highest BCUT2D eigenvalue weighted by molar-refractivity contribution is 6.01. The SMILES string of the molecule is CCCCCNC(C(=O)c1cnc(N)nc1C)C(C)CC.O. The molecule has 1 heterocycles. The fourth-order valence-corrected chi connectivity index (χ4v) is 2.32. The number of nitrogens with zero attached hydrogens (tertiary/aromatic N) is 2. The van der Waals surface area contributed by atoms with E-state index in [9.17, 15) is 4.79 Å². The maximum absolute atomic E-state index is 12.8. The van der Waals surface area contributed by atoms with Gasteiger partial charge < -0.3 is 16.5 Å². The van der Waals surface area contributed by atoms with E-state index in [0.29, 0.717) is 11.3 Å². The third-order valence-electron chi connectivity index (χ3n) is 3.90. The van der Waals surface area contributed by atoms with Crippen molar-refractivity contribution in [2.24, 2.45) is 5.92 Å². The van der Waals surface area contributed by atoms with E-state index in [4.69, 9.17) is 5.73 Å². The van der Waals surface area contributed by atoms with Crippen molar-refractivity contribution in [2.45, 2.75) is 59.4 Å². The predicted molar refractivity (Wildman–Crippen MR) is 89.9 cm³/mol. The smallest absolute Gasteiger partial charge is 0.220 e. The molecule has 1 rings (SSSR count). The van der Waals surface area contributed by atoms with Crippen LogP contribution in [0.15, 0.2) is 6.20 Å². The maximum Gasteiger partial charge on any atom is 0.220 e. The standard InChI is InChI=1S/C16H28N4O.H2O/c1-5-7-8-9-18-14(11(3)6-2)15(21)13-10-19-16(17)20-12(13)4;/h10-11,14,18H,5-9H2,1-4H3,(H2,17,19,20);1H2. The normalized spacial score (nSPS) is 13.3. The van der Waals surface area contributed by atoms with E-state index in [1.165, 1.54) is 12.8 Å². The van der Waals surface area contributed by atoms with Gasteiger partial charge in [-0.25, -0.2) is 9.97 Å². The van der Waals surface area contributed by atoms with Gasteiger partial charge in [-0.15, -0.1) is 0 Å². The van der Waals surface area contributed by atoms with E-state index in [2.05, 4.69) is 36.1 Å². The van der Waals surface area contributed by atoms with Gasteiger partial charge >= 0.3 is 0 Å². The van der Waals surface area contributed by atoms with Gasteiger partial charge in [-0.1, -0.05) is 40.0 Å². The summed E-state index contributed by atoms with van der Waals surface area (Å²) in [5, 5.41) is 3.41. The summed E-state index contributed by atoms with van der Waals surface area (Å²) in [5.41, 5.74) is 6.77. The number of rotatable bonds is 9. The third-order valence-corrected chi connectivity index (χ3v) is 3.90. The van der Waals surface area contributed by atoms with Gasteiger partial charge in [0.15, 0.2) is 5.78 Å². The van der Waals surface area contributed by atoms with Crippen LogP contribution in [-0.4, -0.2) is 33.8 Å². The zero-order valence-corrected chi connectivity index (χ0v) is 14.1. The number of carbonyl (C=O) groups excluding carboxylic acids is 1. The predicted octanol–water partition coefficient (Wildman–Crippen LogP) is 1.92. The van der Waals surface area contributed by atoms with E-state index in [-0.39, 0.29) is 29.2 Å². The lowest BCUT2D eigenvalue weighted by molar-refractivity contribution is 0.0908. The molecular formula is C16H30N4O2. The molecule has 2 unspecified atom stereocenters. The molecule has 1 aromatic rings. The Hall–Kier alpha value is -1.53. The number of nitrogens with one attached hydrogen (secondary N) is 1. The summed E-state index contributed by atoms with van der Waals surface area (Å²) in [6, 6.07) is -0.183. The fraction of sp³-hybridized carbons (Fsp3) is 0.688. The first-order valence-electron chi connectivity index (χ1n) is 7.87. The van der Waals surface area contributed by atoms with E-state index < -0.39 is 0 Å². The largest absolute Gasteiger partial charge is 0.412 e. The van der Waals surface area contributed by atoms with Gasteiger partial charge in [0.05, 0.1) is 17.3 Å². The number of hydrogen-bond donors (Lipinski definition) is 2. The molecule has 5 N–H and O–H groups in total. The Labute approximate surface area is 133 Å². The zero-order valence-electron chi connectivity index (χ0n) is 14.1. The topological polar surface area (TPSA) is 112 Å². The Bertz CT molecular complexity index is 465. The summed E-state index contributed by atoms with van der Waals surface area (Å²) in [6.45, 7) is 9.04. The first-order valence-corrected chi connectivity index (χ1v) is 7.87. The number of ketones is 1. The van der Waals surface area contributed by atoms with Gasteiger partial charge in [0.25, 0.3) is 0 Å². The lowest BCUT2D eigenvalue weighted by Crippen LogP contribution is -2.42. The highest BCUT2D eigenvalue weighted by Gasteiger charge is 2.26. The van der Waals surface area contributed by atoms with Crippen LogP contribution in [0.1, 0.15) is 62.5 Å². The Morgan fingerprint density at radius 2 is 2.05 bits per heavy atom. The number of nitrogen functional groups attached to an aromatic ring is 1. The van der Waals surface area contributed by atoms with Crippen LogP contribution < -0.4 is 11.1 Å². The molecule has 0 amide bonds. The molecule has 6 heteroatoms. The summed E-state index contributed by atoms with van der Waals surface area (Å²) in [4.78, 5) is 20.8. The van der Waals surface area contributed by atoms with Crippen molar-refractivity contribution in [1.82, 2.24) is 15.3 Å². The molecule has 0 saturated carbocycles. The maximum atomic E-state index is 12.8. The van der Waals surface area contributed by atoms with E-state index in [0.717, 1.165) is 19.4 Å². The van der Waals surface area contributed by atoms with Crippen molar-refractivity contribution < 1.29 is 10.3 Å². The minimum absolute atomic E-state index is 0. The summed E-state index contributed by atoms with van der Waals surface area (Å²) < 4.78 is 0. The molecule has 0 aliphatic heterocycles. The number of aromatic nitrogens is 2. The Morgan fingerprint density at radius 1 is 1.36 bits per heavy atom. The summed E-state index contributed by atoms with van der Waals surface area (Å²) in [6.07, 6.45) is 5.94. The van der Waals surface area contributed by atoms with Crippen LogP contribution in [-0.2, 0) is 0 Å². The summed E-state index contributed by atoms with van der Waals surface area (Å²) in [5.74, 6) is 0.550.